The van der Waals surface area contributed by atoms with Gasteiger partial charge in [0.25, 0.3) is 0 Å². The fraction of sp³-hybridized carbons (Fsp3) is 0.571. The smallest absolute Gasteiger partial charge is 0.240 e. The van der Waals surface area contributed by atoms with Gasteiger partial charge in [-0.25, -0.2) is 13.1 Å². The van der Waals surface area contributed by atoms with Crippen LogP contribution in [0, 0.1) is 5.92 Å². The van der Waals surface area contributed by atoms with Crippen LogP contribution in [0.2, 0.25) is 0 Å². The van der Waals surface area contributed by atoms with Gasteiger partial charge < -0.3 is 4.74 Å². The van der Waals surface area contributed by atoms with Crippen molar-refractivity contribution in [2.75, 3.05) is 13.7 Å². The summed E-state index contributed by atoms with van der Waals surface area (Å²) in [7, 11) is -1.89. The minimum Gasteiger partial charge on any atom is -0.496 e. The summed E-state index contributed by atoms with van der Waals surface area (Å²) in [5.41, 5.74) is 0. The van der Waals surface area contributed by atoms with Crippen molar-refractivity contribution in [2.24, 2.45) is 5.92 Å². The second-order valence-corrected chi connectivity index (χ2v) is 7.75. The van der Waals surface area contributed by atoms with Gasteiger partial charge in [-0.3, -0.25) is 0 Å². The second kappa shape index (κ2) is 6.91. The maximum Gasteiger partial charge on any atom is 0.240 e. The number of sulfonamides is 1. The molecule has 0 amide bonds. The zero-order chi connectivity index (χ0) is 14.6. The Labute approximate surface area is 129 Å². The quantitative estimate of drug-likeness (QED) is 0.845. The van der Waals surface area contributed by atoms with E-state index in [0.29, 0.717) is 22.7 Å². The first-order valence-electron chi connectivity index (χ1n) is 6.86. The number of benzene rings is 1. The lowest BCUT2D eigenvalue weighted by Gasteiger charge is -2.11. The van der Waals surface area contributed by atoms with Crippen molar-refractivity contribution in [3.8, 4) is 5.75 Å². The number of hydrogen-bond donors (Lipinski definition) is 1. The third-order valence-electron chi connectivity index (χ3n) is 3.75. The molecular weight excluding hydrogens is 342 g/mol. The SMILES string of the molecule is COc1ccc(S(=O)(=O)NCCC2CCCC2)cc1Br. The highest BCUT2D eigenvalue weighted by Crippen LogP contribution is 2.28. The van der Waals surface area contributed by atoms with Gasteiger partial charge in [0.15, 0.2) is 0 Å². The molecule has 0 spiro atoms. The van der Waals surface area contributed by atoms with Crippen LogP contribution in [0.1, 0.15) is 32.1 Å². The van der Waals surface area contributed by atoms with Crippen LogP contribution in [-0.2, 0) is 10.0 Å². The van der Waals surface area contributed by atoms with Gasteiger partial charge in [0.1, 0.15) is 5.75 Å². The van der Waals surface area contributed by atoms with Gasteiger partial charge in [0.05, 0.1) is 16.5 Å². The highest BCUT2D eigenvalue weighted by molar-refractivity contribution is 9.10. The average molecular weight is 362 g/mol. The van der Waals surface area contributed by atoms with Crippen molar-refractivity contribution in [2.45, 2.75) is 37.0 Å². The molecule has 2 rings (SSSR count). The minimum atomic E-state index is -3.44. The topological polar surface area (TPSA) is 55.4 Å². The van der Waals surface area contributed by atoms with E-state index in [0.717, 1.165) is 6.42 Å². The van der Waals surface area contributed by atoms with E-state index < -0.39 is 10.0 Å². The summed E-state index contributed by atoms with van der Waals surface area (Å²) in [4.78, 5) is 0.261. The highest BCUT2D eigenvalue weighted by Gasteiger charge is 2.18. The number of methoxy groups -OCH3 is 1. The summed E-state index contributed by atoms with van der Waals surface area (Å²) >= 11 is 3.30. The van der Waals surface area contributed by atoms with Crippen molar-refractivity contribution in [3.05, 3.63) is 22.7 Å². The molecule has 4 nitrogen and oxygen atoms in total. The average Bonchev–Trinajstić information content (AvgIpc) is 2.91. The number of nitrogens with one attached hydrogen (secondary N) is 1. The van der Waals surface area contributed by atoms with Crippen LogP contribution in [0.3, 0.4) is 0 Å². The van der Waals surface area contributed by atoms with Gasteiger partial charge in [-0.15, -0.1) is 0 Å². The van der Waals surface area contributed by atoms with Gasteiger partial charge in [-0.05, 0) is 46.5 Å². The van der Waals surface area contributed by atoms with Crippen molar-refractivity contribution in [3.63, 3.8) is 0 Å². The number of hydrogen-bond acceptors (Lipinski definition) is 3. The Kier molecular flexibility index (Phi) is 5.46. The molecule has 0 aromatic heterocycles. The van der Waals surface area contributed by atoms with Crippen LogP contribution in [0.5, 0.6) is 5.75 Å². The van der Waals surface area contributed by atoms with Crippen molar-refractivity contribution in [1.29, 1.82) is 0 Å². The number of halogens is 1. The molecular formula is C14H20BrNO3S. The van der Waals surface area contributed by atoms with Crippen molar-refractivity contribution in [1.82, 2.24) is 4.72 Å². The summed E-state index contributed by atoms with van der Waals surface area (Å²) in [6.07, 6.45) is 5.95. The van der Waals surface area contributed by atoms with Gasteiger partial charge in [-0.1, -0.05) is 25.7 Å². The maximum atomic E-state index is 12.2. The monoisotopic (exact) mass is 361 g/mol. The molecule has 1 aliphatic rings. The number of rotatable bonds is 6. The predicted molar refractivity (Wildman–Crippen MR) is 82.5 cm³/mol. The minimum absolute atomic E-state index is 0.261. The van der Waals surface area contributed by atoms with Gasteiger partial charge >= 0.3 is 0 Å². The summed E-state index contributed by atoms with van der Waals surface area (Å²) in [5, 5.41) is 0. The van der Waals surface area contributed by atoms with Gasteiger partial charge in [0, 0.05) is 6.54 Å². The molecule has 1 N–H and O–H groups in total. The Bertz CT molecular complexity index is 554. The lowest BCUT2D eigenvalue weighted by molar-refractivity contribution is 0.411. The fourth-order valence-electron chi connectivity index (χ4n) is 2.59. The van der Waals surface area contributed by atoms with E-state index in [2.05, 4.69) is 20.7 Å². The molecule has 1 saturated carbocycles. The molecule has 0 radical (unpaired) electrons. The Morgan fingerprint density at radius 1 is 1.35 bits per heavy atom. The third-order valence-corrected chi connectivity index (χ3v) is 5.83. The Morgan fingerprint density at radius 3 is 2.65 bits per heavy atom. The Morgan fingerprint density at radius 2 is 2.05 bits per heavy atom. The molecule has 1 aromatic carbocycles. The number of ether oxygens (including phenoxy) is 1. The van der Waals surface area contributed by atoms with E-state index in [9.17, 15) is 8.42 Å². The first kappa shape index (κ1) is 15.8. The lowest BCUT2D eigenvalue weighted by atomic mass is 10.1. The fourth-order valence-corrected chi connectivity index (χ4v) is 4.36. The first-order valence-corrected chi connectivity index (χ1v) is 9.14. The van der Waals surface area contributed by atoms with Crippen molar-refractivity contribution >= 4 is 26.0 Å². The van der Waals surface area contributed by atoms with E-state index >= 15 is 0 Å². The van der Waals surface area contributed by atoms with Crippen LogP contribution in [0.25, 0.3) is 0 Å². The molecule has 6 heteroatoms. The molecule has 0 heterocycles. The molecule has 0 atom stereocenters. The summed E-state index contributed by atoms with van der Waals surface area (Å²) in [6.45, 7) is 0.511. The summed E-state index contributed by atoms with van der Waals surface area (Å²) in [5.74, 6) is 1.30. The van der Waals surface area contributed by atoms with E-state index in [1.807, 2.05) is 0 Å². The first-order chi connectivity index (χ1) is 9.53. The molecule has 0 saturated heterocycles. The molecule has 0 aliphatic heterocycles. The molecule has 1 aromatic rings. The molecule has 1 fully saturated rings. The van der Waals surface area contributed by atoms with E-state index in [1.54, 1.807) is 25.3 Å². The highest BCUT2D eigenvalue weighted by atomic mass is 79.9. The molecule has 20 heavy (non-hydrogen) atoms. The Hall–Kier alpha value is -0.590. The molecule has 112 valence electrons. The predicted octanol–water partition coefficient (Wildman–Crippen LogP) is 3.32. The lowest BCUT2D eigenvalue weighted by Crippen LogP contribution is -2.26. The zero-order valence-electron chi connectivity index (χ0n) is 11.6. The largest absolute Gasteiger partial charge is 0.496 e. The van der Waals surface area contributed by atoms with Crippen molar-refractivity contribution < 1.29 is 13.2 Å². The van der Waals surface area contributed by atoms with E-state index in [1.165, 1.54) is 25.7 Å². The molecule has 0 bridgehead atoms. The summed E-state index contributed by atoms with van der Waals surface area (Å²) in [6, 6.07) is 4.77. The van der Waals surface area contributed by atoms with E-state index in [4.69, 9.17) is 4.74 Å². The van der Waals surface area contributed by atoms with E-state index in [-0.39, 0.29) is 4.90 Å². The zero-order valence-corrected chi connectivity index (χ0v) is 14.0. The summed E-state index contributed by atoms with van der Waals surface area (Å²) < 4.78 is 32.8. The third kappa shape index (κ3) is 3.96. The van der Waals surface area contributed by atoms with Gasteiger partial charge in [-0.2, -0.15) is 0 Å². The van der Waals surface area contributed by atoms with Crippen LogP contribution in [0.4, 0.5) is 0 Å². The molecule has 0 unspecified atom stereocenters. The van der Waals surface area contributed by atoms with Crippen LogP contribution < -0.4 is 9.46 Å². The Balaban J connectivity index is 1.96. The van der Waals surface area contributed by atoms with Crippen LogP contribution in [-0.4, -0.2) is 22.1 Å². The van der Waals surface area contributed by atoms with Gasteiger partial charge in [0.2, 0.25) is 10.0 Å². The standard InChI is InChI=1S/C14H20BrNO3S/c1-19-14-7-6-12(10-13(14)15)20(17,18)16-9-8-11-4-2-3-5-11/h6-7,10-11,16H,2-5,8-9H2,1H3. The maximum absolute atomic E-state index is 12.2. The van der Waals surface area contributed by atoms with Crippen LogP contribution in [0.15, 0.2) is 27.6 Å². The second-order valence-electron chi connectivity index (χ2n) is 5.13. The van der Waals surface area contributed by atoms with Crippen LogP contribution >= 0.6 is 15.9 Å². The molecule has 1 aliphatic carbocycles. The normalized spacial score (nSPS) is 16.5.